The second-order valence-corrected chi connectivity index (χ2v) is 8.25. The number of rotatable bonds is 7. The molecule has 0 spiro atoms. The molecule has 0 radical (unpaired) electrons. The van der Waals surface area contributed by atoms with Crippen LogP contribution in [0.25, 0.3) is 10.9 Å². The molecule has 0 atom stereocenters. The molecular formula is C24H23F4NO3. The van der Waals surface area contributed by atoms with E-state index < -0.39 is 23.5 Å². The number of benzene rings is 2. The maximum absolute atomic E-state index is 14.5. The van der Waals surface area contributed by atoms with E-state index in [4.69, 9.17) is 9.84 Å². The minimum Gasteiger partial charge on any atom is -0.489 e. The molecule has 0 saturated heterocycles. The molecule has 1 fully saturated rings. The fraction of sp³-hybridized carbons (Fsp3) is 0.375. The Morgan fingerprint density at radius 2 is 1.88 bits per heavy atom. The summed E-state index contributed by atoms with van der Waals surface area (Å²) in [6.45, 7) is -0.130. The summed E-state index contributed by atoms with van der Waals surface area (Å²) >= 11 is 0. The van der Waals surface area contributed by atoms with E-state index in [2.05, 4.69) is 4.98 Å². The average molecular weight is 449 g/mol. The molecule has 1 aromatic heterocycles. The lowest BCUT2D eigenvalue weighted by Crippen LogP contribution is -2.12. The predicted molar refractivity (Wildman–Crippen MR) is 111 cm³/mol. The highest BCUT2D eigenvalue weighted by molar-refractivity contribution is 5.82. The molecule has 1 aliphatic rings. The first-order valence-electron chi connectivity index (χ1n) is 10.6. The fourth-order valence-electron chi connectivity index (χ4n) is 4.39. The highest BCUT2D eigenvalue weighted by Crippen LogP contribution is 2.42. The van der Waals surface area contributed by atoms with Crippen molar-refractivity contribution in [3.8, 4) is 5.75 Å². The molecule has 0 amide bonds. The molecule has 0 bridgehead atoms. The monoisotopic (exact) mass is 449 g/mol. The number of H-pyrrole nitrogens is 1. The molecule has 32 heavy (non-hydrogen) atoms. The van der Waals surface area contributed by atoms with E-state index in [0.717, 1.165) is 37.8 Å². The fourth-order valence-corrected chi connectivity index (χ4v) is 4.39. The number of nitrogens with one attached hydrogen (secondary N) is 1. The van der Waals surface area contributed by atoms with E-state index >= 15 is 0 Å². The Morgan fingerprint density at radius 1 is 1.12 bits per heavy atom. The van der Waals surface area contributed by atoms with Crippen molar-refractivity contribution in [3.05, 3.63) is 64.6 Å². The quantitative estimate of drug-likeness (QED) is 0.401. The van der Waals surface area contributed by atoms with Crippen molar-refractivity contribution in [1.82, 2.24) is 4.98 Å². The third kappa shape index (κ3) is 4.89. The van der Waals surface area contributed by atoms with Crippen LogP contribution in [-0.4, -0.2) is 16.1 Å². The zero-order valence-corrected chi connectivity index (χ0v) is 17.3. The maximum Gasteiger partial charge on any atom is 0.416 e. The number of aryl methyl sites for hydroxylation is 1. The molecule has 1 heterocycles. The largest absolute Gasteiger partial charge is 0.489 e. The van der Waals surface area contributed by atoms with Gasteiger partial charge in [-0.1, -0.05) is 25.0 Å². The topological polar surface area (TPSA) is 62.3 Å². The SMILES string of the molecule is O=C(O)CCc1cc2cc(OCc3ccc(C4CCCC4)c(C(F)(F)F)c3)cc(F)c2[nH]1. The molecule has 3 aromatic rings. The van der Waals surface area contributed by atoms with Crippen LogP contribution in [0.2, 0.25) is 0 Å². The number of halogens is 4. The van der Waals surface area contributed by atoms with Gasteiger partial charge in [-0.25, -0.2) is 4.39 Å². The van der Waals surface area contributed by atoms with Gasteiger partial charge in [0.2, 0.25) is 0 Å². The van der Waals surface area contributed by atoms with Crippen molar-refractivity contribution in [3.63, 3.8) is 0 Å². The third-order valence-electron chi connectivity index (χ3n) is 5.94. The number of ether oxygens (including phenoxy) is 1. The maximum atomic E-state index is 14.5. The molecule has 4 nitrogen and oxygen atoms in total. The number of hydrogen-bond donors (Lipinski definition) is 2. The lowest BCUT2D eigenvalue weighted by molar-refractivity contribution is -0.138. The summed E-state index contributed by atoms with van der Waals surface area (Å²) < 4.78 is 61.0. The van der Waals surface area contributed by atoms with Gasteiger partial charge < -0.3 is 14.8 Å². The lowest BCUT2D eigenvalue weighted by Gasteiger charge is -2.19. The van der Waals surface area contributed by atoms with Gasteiger partial charge in [0.15, 0.2) is 5.82 Å². The molecule has 1 aliphatic carbocycles. The first-order valence-corrected chi connectivity index (χ1v) is 10.6. The molecule has 4 rings (SSSR count). The normalized spacial score (nSPS) is 14.9. The smallest absolute Gasteiger partial charge is 0.416 e. The van der Waals surface area contributed by atoms with E-state index in [-0.39, 0.29) is 36.6 Å². The zero-order valence-electron chi connectivity index (χ0n) is 17.3. The highest BCUT2D eigenvalue weighted by atomic mass is 19.4. The Labute approximate surface area is 182 Å². The van der Waals surface area contributed by atoms with Crippen molar-refractivity contribution in [2.75, 3.05) is 0 Å². The van der Waals surface area contributed by atoms with Gasteiger partial charge >= 0.3 is 12.1 Å². The first kappa shape index (κ1) is 22.2. The van der Waals surface area contributed by atoms with Crippen molar-refractivity contribution in [1.29, 1.82) is 0 Å². The van der Waals surface area contributed by atoms with Crippen LogP contribution in [0.5, 0.6) is 5.75 Å². The van der Waals surface area contributed by atoms with Crippen LogP contribution in [0.1, 0.15) is 60.4 Å². The van der Waals surface area contributed by atoms with Gasteiger partial charge in [-0.3, -0.25) is 4.79 Å². The van der Waals surface area contributed by atoms with Gasteiger partial charge in [-0.05, 0) is 54.5 Å². The van der Waals surface area contributed by atoms with E-state index in [1.54, 1.807) is 24.3 Å². The number of fused-ring (bicyclic) bond motifs is 1. The van der Waals surface area contributed by atoms with Crippen molar-refractivity contribution >= 4 is 16.9 Å². The van der Waals surface area contributed by atoms with Crippen LogP contribution in [0.3, 0.4) is 0 Å². The van der Waals surface area contributed by atoms with Crippen LogP contribution < -0.4 is 4.74 Å². The number of carbonyl (C=O) groups is 1. The summed E-state index contributed by atoms with van der Waals surface area (Å²) in [5, 5.41) is 9.30. The molecule has 0 aliphatic heterocycles. The Morgan fingerprint density at radius 3 is 2.56 bits per heavy atom. The number of aromatic amines is 1. The van der Waals surface area contributed by atoms with Crippen LogP contribution in [0, 0.1) is 5.82 Å². The van der Waals surface area contributed by atoms with Gasteiger partial charge in [-0.2, -0.15) is 13.2 Å². The van der Waals surface area contributed by atoms with Crippen molar-refractivity contribution < 1.29 is 32.2 Å². The summed E-state index contributed by atoms with van der Waals surface area (Å²) in [6, 6.07) is 8.70. The number of carboxylic acids is 1. The summed E-state index contributed by atoms with van der Waals surface area (Å²) in [5.41, 5.74) is 0.887. The van der Waals surface area contributed by atoms with E-state index in [9.17, 15) is 22.4 Å². The number of hydrogen-bond acceptors (Lipinski definition) is 2. The predicted octanol–water partition coefficient (Wildman–Crippen LogP) is 6.58. The number of alkyl halides is 3. The summed E-state index contributed by atoms with van der Waals surface area (Å²) in [7, 11) is 0. The van der Waals surface area contributed by atoms with Crippen molar-refractivity contribution in [2.24, 2.45) is 0 Å². The van der Waals surface area contributed by atoms with Crippen molar-refractivity contribution in [2.45, 2.75) is 57.2 Å². The lowest BCUT2D eigenvalue weighted by atomic mass is 9.91. The molecule has 2 aromatic carbocycles. The Hall–Kier alpha value is -3.03. The van der Waals surface area contributed by atoms with Gasteiger partial charge in [0.1, 0.15) is 12.4 Å². The molecule has 8 heteroatoms. The Kier molecular flexibility index (Phi) is 6.13. The molecule has 1 saturated carbocycles. The van der Waals surface area contributed by atoms with Gasteiger partial charge in [0, 0.05) is 17.1 Å². The highest BCUT2D eigenvalue weighted by Gasteiger charge is 2.36. The molecule has 2 N–H and O–H groups in total. The number of carboxylic acid groups (broad SMARTS) is 1. The third-order valence-corrected chi connectivity index (χ3v) is 5.94. The van der Waals surface area contributed by atoms with E-state index in [1.165, 1.54) is 0 Å². The molecular weight excluding hydrogens is 426 g/mol. The van der Waals surface area contributed by atoms with E-state index in [1.807, 2.05) is 0 Å². The average Bonchev–Trinajstić information content (AvgIpc) is 3.40. The van der Waals surface area contributed by atoms with E-state index in [0.29, 0.717) is 22.2 Å². The molecule has 170 valence electrons. The second kappa shape index (κ2) is 8.84. The Bertz CT molecular complexity index is 1130. The standard InChI is InChI=1S/C24H23F4NO3/c25-21-12-18(11-16-10-17(29-23(16)21)6-8-22(30)31)32-13-14-5-7-19(15-3-1-2-4-15)20(9-14)24(26,27)28/h5,7,9-12,15,29H,1-4,6,8,13H2,(H,30,31). The van der Waals surface area contributed by atoms with Crippen LogP contribution in [-0.2, 0) is 24.0 Å². The Balaban J connectivity index is 1.53. The van der Waals surface area contributed by atoms with Gasteiger partial charge in [0.05, 0.1) is 17.5 Å². The second-order valence-electron chi connectivity index (χ2n) is 8.25. The summed E-state index contributed by atoms with van der Waals surface area (Å²) in [6.07, 6.45) is -0.886. The van der Waals surface area contributed by atoms with Crippen LogP contribution in [0.15, 0.2) is 36.4 Å². The van der Waals surface area contributed by atoms with Crippen LogP contribution in [0.4, 0.5) is 17.6 Å². The summed E-state index contributed by atoms with van der Waals surface area (Å²) in [5.74, 6) is -1.41. The minimum atomic E-state index is -4.45. The summed E-state index contributed by atoms with van der Waals surface area (Å²) in [4.78, 5) is 13.6. The van der Waals surface area contributed by atoms with Crippen LogP contribution >= 0.6 is 0 Å². The zero-order chi connectivity index (χ0) is 22.9. The van der Waals surface area contributed by atoms with Gasteiger partial charge in [0.25, 0.3) is 0 Å². The first-order chi connectivity index (χ1) is 15.2. The molecule has 0 unspecified atom stereocenters. The number of aliphatic carboxylic acids is 1. The number of aromatic nitrogens is 1. The minimum absolute atomic E-state index is 0.0676. The van der Waals surface area contributed by atoms with Gasteiger partial charge in [-0.15, -0.1) is 0 Å².